The Bertz CT molecular complexity index is 385. The summed E-state index contributed by atoms with van der Waals surface area (Å²) in [6.07, 6.45) is 35.2. The van der Waals surface area contributed by atoms with Crippen molar-refractivity contribution < 1.29 is 9.90 Å². The van der Waals surface area contributed by atoms with E-state index in [-0.39, 0.29) is 48.4 Å². The van der Waals surface area contributed by atoms with Crippen molar-refractivity contribution in [3.8, 4) is 0 Å². The standard InChI is InChI=1S/C18H34O2.C12H27N.Li.Na.2H/c1-2-3-4-5-6-7-8-9-10-11-12-13-14-15-16-17-18(19)20;1-2-3-4-5-6-7-8-9-10-11-12-13;;;;/h9-10H,2-8,11-17H2,1H3,(H,19,20);2-13H2,1H3;;;;/b10-9-;;;;;. The van der Waals surface area contributed by atoms with Crippen LogP contribution in [-0.2, 0) is 4.79 Å². The molecule has 3 N–H and O–H groups in total. The summed E-state index contributed by atoms with van der Waals surface area (Å²) in [6, 6.07) is 0. The molecule has 0 fully saturated rings. The Balaban J connectivity index is -0.000000281. The molecule has 0 atom stereocenters. The van der Waals surface area contributed by atoms with Crippen molar-refractivity contribution in [3.05, 3.63) is 12.2 Å². The van der Waals surface area contributed by atoms with Crippen molar-refractivity contribution in [2.45, 2.75) is 168 Å². The van der Waals surface area contributed by atoms with Gasteiger partial charge in [0.1, 0.15) is 0 Å². The van der Waals surface area contributed by atoms with Crippen LogP contribution in [0.5, 0.6) is 0 Å². The van der Waals surface area contributed by atoms with Crippen LogP contribution in [0.2, 0.25) is 0 Å². The van der Waals surface area contributed by atoms with Gasteiger partial charge in [0.25, 0.3) is 0 Å². The molecule has 0 saturated heterocycles. The van der Waals surface area contributed by atoms with Crippen LogP contribution in [0.4, 0.5) is 0 Å². The normalized spacial score (nSPS) is 10.4. The predicted octanol–water partition coefficient (Wildman–Crippen LogP) is 8.68. The van der Waals surface area contributed by atoms with Gasteiger partial charge in [0, 0.05) is 6.42 Å². The SMILES string of the molecule is CCCCCCCC/C=C\CCCCCCCC(=O)O.CCCCCCCCCCCCN.[LiH].[NaH]. The molecule has 202 valence electrons. The van der Waals surface area contributed by atoms with E-state index in [1.54, 1.807) is 0 Å². The van der Waals surface area contributed by atoms with E-state index in [0.29, 0.717) is 6.42 Å². The van der Waals surface area contributed by atoms with E-state index in [1.807, 2.05) is 0 Å². The number of hydrogen-bond donors (Lipinski definition) is 2. The quantitative estimate of drug-likeness (QED) is 0.0750. The Labute approximate surface area is 255 Å². The Morgan fingerprint density at radius 1 is 0.571 bits per heavy atom. The number of carbonyl (C=O) groups is 1. The fraction of sp³-hybridized carbons (Fsp3) is 0.900. The van der Waals surface area contributed by atoms with Crippen LogP contribution < -0.4 is 5.73 Å². The summed E-state index contributed by atoms with van der Waals surface area (Å²) >= 11 is 0. The first-order valence-electron chi connectivity index (χ1n) is 14.8. The second kappa shape index (κ2) is 41.9. The van der Waals surface area contributed by atoms with Crippen molar-refractivity contribution in [2.24, 2.45) is 5.73 Å². The zero-order chi connectivity index (χ0) is 24.7. The van der Waals surface area contributed by atoms with Gasteiger partial charge in [-0.05, 0) is 45.1 Å². The third-order valence-electron chi connectivity index (χ3n) is 6.21. The minimum absolute atomic E-state index is 0. The maximum atomic E-state index is 10.3. The van der Waals surface area contributed by atoms with Crippen LogP contribution in [-0.4, -0.2) is 66.0 Å². The Morgan fingerprint density at radius 2 is 0.886 bits per heavy atom. The van der Waals surface area contributed by atoms with Gasteiger partial charge in [-0.25, -0.2) is 0 Å². The number of rotatable bonds is 25. The van der Waals surface area contributed by atoms with E-state index in [9.17, 15) is 4.79 Å². The van der Waals surface area contributed by atoms with Crippen LogP contribution in [0.3, 0.4) is 0 Å². The molecule has 0 saturated carbocycles. The van der Waals surface area contributed by atoms with Gasteiger partial charge < -0.3 is 10.8 Å². The number of carboxylic acids is 1. The van der Waals surface area contributed by atoms with E-state index in [1.165, 1.54) is 135 Å². The molecule has 0 aliphatic carbocycles. The summed E-state index contributed by atoms with van der Waals surface area (Å²) in [6.45, 7) is 5.40. The van der Waals surface area contributed by atoms with Crippen LogP contribution in [0.25, 0.3) is 0 Å². The third kappa shape index (κ3) is 48.4. The molecule has 0 radical (unpaired) electrons. The number of carboxylic acid groups (broad SMARTS) is 1. The summed E-state index contributed by atoms with van der Waals surface area (Å²) in [4.78, 5) is 10.3. The van der Waals surface area contributed by atoms with Gasteiger partial charge in [-0.1, -0.05) is 135 Å². The summed E-state index contributed by atoms with van der Waals surface area (Å²) in [5, 5.41) is 8.51. The first-order valence-corrected chi connectivity index (χ1v) is 14.8. The van der Waals surface area contributed by atoms with Crippen molar-refractivity contribution >= 4 is 54.4 Å². The molecule has 0 unspecified atom stereocenters. The number of aliphatic carboxylic acids is 1. The van der Waals surface area contributed by atoms with Crippen LogP contribution >= 0.6 is 0 Å². The Morgan fingerprint density at radius 3 is 1.23 bits per heavy atom. The number of unbranched alkanes of at least 4 members (excludes halogenated alkanes) is 20. The van der Waals surface area contributed by atoms with Gasteiger partial charge in [0.15, 0.2) is 0 Å². The number of nitrogens with two attached hydrogens (primary N) is 1. The molecule has 0 aromatic carbocycles. The Hall–Kier alpha value is 0.767. The molecule has 0 aliphatic heterocycles. The minimum atomic E-state index is -0.664. The average Bonchev–Trinajstić information content (AvgIpc) is 2.81. The molecular formula is C30H63LiNNaO2. The topological polar surface area (TPSA) is 63.3 Å². The van der Waals surface area contributed by atoms with Crippen LogP contribution in [0.1, 0.15) is 168 Å². The number of hydrogen-bond acceptors (Lipinski definition) is 2. The van der Waals surface area contributed by atoms with Crippen molar-refractivity contribution in [3.63, 3.8) is 0 Å². The van der Waals surface area contributed by atoms with Crippen molar-refractivity contribution in [2.75, 3.05) is 6.54 Å². The van der Waals surface area contributed by atoms with E-state index < -0.39 is 5.97 Å². The van der Waals surface area contributed by atoms with Gasteiger partial charge in [0.05, 0.1) is 0 Å². The summed E-state index contributed by atoms with van der Waals surface area (Å²) < 4.78 is 0. The molecule has 0 spiro atoms. The Kier molecular flexibility index (Phi) is 51.3. The van der Waals surface area contributed by atoms with E-state index in [2.05, 4.69) is 26.0 Å². The van der Waals surface area contributed by atoms with E-state index in [4.69, 9.17) is 10.8 Å². The molecular weight excluding hydrogens is 436 g/mol. The molecule has 0 heterocycles. The fourth-order valence-corrected chi connectivity index (χ4v) is 3.98. The fourth-order valence-electron chi connectivity index (χ4n) is 3.98. The van der Waals surface area contributed by atoms with Gasteiger partial charge in [-0.3, -0.25) is 4.79 Å². The molecule has 3 nitrogen and oxygen atoms in total. The molecule has 5 heteroatoms. The third-order valence-corrected chi connectivity index (χ3v) is 6.21. The van der Waals surface area contributed by atoms with Crippen LogP contribution in [0, 0.1) is 0 Å². The molecule has 0 bridgehead atoms. The van der Waals surface area contributed by atoms with Crippen LogP contribution in [0.15, 0.2) is 12.2 Å². The number of allylic oxidation sites excluding steroid dienone is 2. The van der Waals surface area contributed by atoms with Gasteiger partial charge in [-0.2, -0.15) is 0 Å². The van der Waals surface area contributed by atoms with Crippen molar-refractivity contribution in [1.29, 1.82) is 0 Å². The molecule has 0 aliphatic rings. The monoisotopic (exact) mass is 499 g/mol. The summed E-state index contributed by atoms with van der Waals surface area (Å²) in [5.74, 6) is -0.664. The van der Waals surface area contributed by atoms with Gasteiger partial charge in [-0.15, -0.1) is 0 Å². The molecule has 0 aromatic rings. The van der Waals surface area contributed by atoms with Gasteiger partial charge >= 0.3 is 54.4 Å². The van der Waals surface area contributed by atoms with Gasteiger partial charge in [0.2, 0.25) is 0 Å². The zero-order valence-corrected chi connectivity index (χ0v) is 22.8. The summed E-state index contributed by atoms with van der Waals surface area (Å²) in [7, 11) is 0. The molecule has 0 amide bonds. The first kappa shape index (κ1) is 42.8. The molecule has 35 heavy (non-hydrogen) atoms. The van der Waals surface area contributed by atoms with E-state index >= 15 is 0 Å². The maximum absolute atomic E-state index is 10.3. The second-order valence-electron chi connectivity index (χ2n) is 9.70. The van der Waals surface area contributed by atoms with Crippen molar-refractivity contribution in [1.82, 2.24) is 0 Å². The second-order valence-corrected chi connectivity index (χ2v) is 9.70. The molecule has 0 rings (SSSR count). The average molecular weight is 500 g/mol. The predicted molar refractivity (Wildman–Crippen MR) is 162 cm³/mol. The zero-order valence-electron chi connectivity index (χ0n) is 22.8. The van der Waals surface area contributed by atoms with E-state index in [0.717, 1.165) is 19.4 Å². The summed E-state index contributed by atoms with van der Waals surface area (Å²) in [5.41, 5.74) is 5.42. The molecule has 0 aromatic heterocycles. The first-order chi connectivity index (χ1) is 16.2.